The molecule has 1 rings (SSSR count). The van der Waals surface area contributed by atoms with Crippen LogP contribution in [0.4, 0.5) is 4.79 Å². The van der Waals surface area contributed by atoms with Crippen LogP contribution in [0.3, 0.4) is 0 Å². The summed E-state index contributed by atoms with van der Waals surface area (Å²) in [6.07, 6.45) is 1.36. The molecule has 0 aliphatic carbocycles. The number of urea groups is 1. The minimum Gasteiger partial charge on any atom is -0.335 e. The normalized spacial score (nSPS) is 9.29. The van der Waals surface area contributed by atoms with Crippen molar-refractivity contribution in [3.05, 3.63) is 35.5 Å². The van der Waals surface area contributed by atoms with Gasteiger partial charge < -0.3 is 10.3 Å². The van der Waals surface area contributed by atoms with Crippen LogP contribution in [-0.4, -0.2) is 45.9 Å². The van der Waals surface area contributed by atoms with Crippen LogP contribution in [0.5, 0.6) is 0 Å². The van der Waals surface area contributed by atoms with Gasteiger partial charge in [-0.15, -0.1) is 28.1 Å². The monoisotopic (exact) mass is 451 g/mol. The van der Waals surface area contributed by atoms with Crippen LogP contribution in [0.2, 0.25) is 0 Å². The van der Waals surface area contributed by atoms with Gasteiger partial charge >= 0.3 is 11.7 Å². The standard InChI is InChI=1S/C5H9Cl2N3O2.C4H3IN2O2/c6-1-3-8-5(11)10(9-12)4-2-7;5-2-1-6-4(9)7-3(2)8/h1-4H2,(H,8,11);1H,(H2,6,7,8,9). The molecule has 0 spiro atoms. The molecule has 21 heavy (non-hydrogen) atoms. The van der Waals surface area contributed by atoms with Gasteiger partial charge in [-0.2, -0.15) is 5.01 Å². The summed E-state index contributed by atoms with van der Waals surface area (Å²) in [4.78, 5) is 46.2. The molecule has 1 heterocycles. The number of carbonyl (C=O) groups excluding carboxylic acids is 1. The van der Waals surface area contributed by atoms with E-state index < -0.39 is 11.7 Å². The van der Waals surface area contributed by atoms with Gasteiger partial charge in [-0.3, -0.25) is 9.78 Å². The Balaban J connectivity index is 0.000000394. The Morgan fingerprint density at radius 1 is 1.38 bits per heavy atom. The maximum atomic E-state index is 10.9. The number of amides is 2. The molecule has 0 unspecified atom stereocenters. The first kappa shape index (κ1) is 19.9. The summed E-state index contributed by atoms with van der Waals surface area (Å²) in [6.45, 7) is 0.397. The number of aromatic nitrogens is 2. The van der Waals surface area contributed by atoms with Crippen molar-refractivity contribution >= 4 is 51.8 Å². The molecule has 0 saturated heterocycles. The average Bonchev–Trinajstić information content (AvgIpc) is 2.47. The third-order valence-corrected chi connectivity index (χ3v) is 2.93. The molecule has 118 valence electrons. The van der Waals surface area contributed by atoms with Gasteiger partial charge in [-0.1, -0.05) is 0 Å². The molecule has 2 amide bonds. The van der Waals surface area contributed by atoms with E-state index in [0.29, 0.717) is 21.0 Å². The van der Waals surface area contributed by atoms with Crippen LogP contribution in [0.15, 0.2) is 21.1 Å². The molecule has 3 N–H and O–H groups in total. The van der Waals surface area contributed by atoms with Crippen molar-refractivity contribution in [3.63, 3.8) is 0 Å². The fourth-order valence-electron chi connectivity index (χ4n) is 0.898. The molecular weight excluding hydrogens is 440 g/mol. The number of halogens is 3. The second-order valence-electron chi connectivity index (χ2n) is 3.23. The molecular formula is C9H12Cl2IN5O4. The lowest BCUT2D eigenvalue weighted by molar-refractivity contribution is 0.203. The summed E-state index contributed by atoms with van der Waals surface area (Å²) in [6, 6.07) is -0.578. The topological polar surface area (TPSA) is 127 Å². The predicted molar refractivity (Wildman–Crippen MR) is 87.7 cm³/mol. The number of alkyl halides is 2. The molecule has 12 heteroatoms. The van der Waals surface area contributed by atoms with E-state index in [9.17, 15) is 19.3 Å². The number of H-pyrrole nitrogens is 2. The molecule has 0 bridgehead atoms. The Morgan fingerprint density at radius 3 is 2.48 bits per heavy atom. The molecule has 9 nitrogen and oxygen atoms in total. The predicted octanol–water partition coefficient (Wildman–Crippen LogP) is 0.825. The Bertz CT molecular complexity index is 564. The van der Waals surface area contributed by atoms with Crippen molar-refractivity contribution < 1.29 is 4.79 Å². The fourth-order valence-corrected chi connectivity index (χ4v) is 1.44. The van der Waals surface area contributed by atoms with Gasteiger partial charge in [0.15, 0.2) is 0 Å². The van der Waals surface area contributed by atoms with Crippen molar-refractivity contribution in [2.24, 2.45) is 5.29 Å². The molecule has 0 radical (unpaired) electrons. The van der Waals surface area contributed by atoms with Crippen molar-refractivity contribution in [1.82, 2.24) is 20.3 Å². The fraction of sp³-hybridized carbons (Fsp3) is 0.444. The Kier molecular flexibility index (Phi) is 10.9. The van der Waals surface area contributed by atoms with E-state index in [2.05, 4.69) is 20.6 Å². The summed E-state index contributed by atoms with van der Waals surface area (Å²) < 4.78 is 0.479. The summed E-state index contributed by atoms with van der Waals surface area (Å²) in [5, 5.41) is 5.55. The van der Waals surface area contributed by atoms with Gasteiger partial charge in [-0.25, -0.2) is 9.59 Å². The lowest BCUT2D eigenvalue weighted by Gasteiger charge is -2.11. The van der Waals surface area contributed by atoms with E-state index in [0.717, 1.165) is 0 Å². The summed E-state index contributed by atoms with van der Waals surface area (Å²) >= 11 is 12.4. The highest BCUT2D eigenvalue weighted by atomic mass is 127. The largest absolute Gasteiger partial charge is 0.340 e. The third kappa shape index (κ3) is 8.67. The van der Waals surface area contributed by atoms with Gasteiger partial charge in [0.1, 0.15) is 0 Å². The maximum absolute atomic E-state index is 10.9. The SMILES string of the molecule is O=NN(CCCl)C(=O)NCCCl.O=c1[nH]cc(I)c(=O)[nH]1. The molecule has 0 saturated carbocycles. The summed E-state index contributed by atoms with van der Waals surface area (Å²) in [5.74, 6) is 0.458. The van der Waals surface area contributed by atoms with Gasteiger partial charge in [-0.05, 0) is 22.6 Å². The maximum Gasteiger partial charge on any atom is 0.340 e. The van der Waals surface area contributed by atoms with Gasteiger partial charge in [0.25, 0.3) is 5.56 Å². The molecule has 0 aromatic carbocycles. The van der Waals surface area contributed by atoms with Gasteiger partial charge in [0.05, 0.1) is 15.4 Å². The number of nitrogens with one attached hydrogen (secondary N) is 3. The first-order chi connectivity index (χ1) is 9.96. The number of nitrogens with zero attached hydrogens (tertiary/aromatic N) is 2. The quantitative estimate of drug-likeness (QED) is 0.265. The van der Waals surface area contributed by atoms with Crippen LogP contribution >= 0.6 is 45.8 Å². The molecule has 0 aliphatic heterocycles. The van der Waals surface area contributed by atoms with Crippen LogP contribution < -0.4 is 16.6 Å². The number of hydrogen-bond donors (Lipinski definition) is 3. The highest BCUT2D eigenvalue weighted by Crippen LogP contribution is 1.91. The Hall–Kier alpha value is -1.14. The number of rotatable bonds is 5. The van der Waals surface area contributed by atoms with Crippen LogP contribution in [0.1, 0.15) is 0 Å². The number of aromatic amines is 2. The summed E-state index contributed by atoms with van der Waals surface area (Å²) in [5.41, 5.74) is -0.820. The Morgan fingerprint density at radius 2 is 2.05 bits per heavy atom. The first-order valence-corrected chi connectivity index (χ1v) is 7.59. The number of nitroso groups, excluding NO2 is 1. The van der Waals surface area contributed by atoms with E-state index in [1.54, 1.807) is 0 Å². The minimum atomic E-state index is -0.578. The second-order valence-corrected chi connectivity index (χ2v) is 5.15. The highest BCUT2D eigenvalue weighted by Gasteiger charge is 2.11. The molecule has 0 fully saturated rings. The lowest BCUT2D eigenvalue weighted by Crippen LogP contribution is -2.38. The summed E-state index contributed by atoms with van der Waals surface area (Å²) in [7, 11) is 0. The van der Waals surface area contributed by atoms with Crippen LogP contribution in [0.25, 0.3) is 0 Å². The van der Waals surface area contributed by atoms with E-state index in [1.807, 2.05) is 22.6 Å². The third-order valence-electron chi connectivity index (χ3n) is 1.77. The van der Waals surface area contributed by atoms with E-state index in [4.69, 9.17) is 23.2 Å². The van der Waals surface area contributed by atoms with Crippen molar-refractivity contribution in [2.45, 2.75) is 0 Å². The Labute approximate surface area is 142 Å². The minimum absolute atomic E-state index is 0.0964. The van der Waals surface area contributed by atoms with E-state index in [1.165, 1.54) is 6.20 Å². The van der Waals surface area contributed by atoms with Crippen LogP contribution in [0, 0.1) is 8.48 Å². The number of carbonyl (C=O) groups is 1. The highest BCUT2D eigenvalue weighted by molar-refractivity contribution is 14.1. The van der Waals surface area contributed by atoms with E-state index in [-0.39, 0.29) is 18.0 Å². The second kappa shape index (κ2) is 11.5. The van der Waals surface area contributed by atoms with Crippen molar-refractivity contribution in [2.75, 3.05) is 24.8 Å². The van der Waals surface area contributed by atoms with Crippen LogP contribution in [-0.2, 0) is 0 Å². The lowest BCUT2D eigenvalue weighted by atomic mass is 10.6. The first-order valence-electron chi connectivity index (χ1n) is 5.44. The zero-order valence-corrected chi connectivity index (χ0v) is 14.2. The zero-order valence-electron chi connectivity index (χ0n) is 10.6. The average molecular weight is 452 g/mol. The molecule has 1 aromatic heterocycles. The molecule has 0 aliphatic rings. The van der Waals surface area contributed by atoms with Crippen molar-refractivity contribution in [3.8, 4) is 0 Å². The molecule has 1 aromatic rings. The number of hydrogen-bond acceptors (Lipinski definition) is 5. The molecule has 0 atom stereocenters. The van der Waals surface area contributed by atoms with Crippen molar-refractivity contribution in [1.29, 1.82) is 0 Å². The zero-order chi connectivity index (χ0) is 16.3. The van der Waals surface area contributed by atoms with E-state index >= 15 is 0 Å². The van der Waals surface area contributed by atoms with Gasteiger partial charge in [0.2, 0.25) is 0 Å². The van der Waals surface area contributed by atoms with Gasteiger partial charge in [0, 0.05) is 24.5 Å². The smallest absolute Gasteiger partial charge is 0.335 e.